The van der Waals surface area contributed by atoms with Crippen molar-refractivity contribution >= 4 is 11.6 Å². The van der Waals surface area contributed by atoms with E-state index in [0.29, 0.717) is 17.9 Å². The van der Waals surface area contributed by atoms with E-state index in [9.17, 15) is 4.79 Å². The molecule has 0 saturated heterocycles. The van der Waals surface area contributed by atoms with Gasteiger partial charge in [0.2, 0.25) is 0 Å². The van der Waals surface area contributed by atoms with Gasteiger partial charge in [-0.05, 0) is 24.0 Å². The second-order valence-electron chi connectivity index (χ2n) is 5.86. The van der Waals surface area contributed by atoms with Crippen LogP contribution < -0.4 is 15.8 Å². The summed E-state index contributed by atoms with van der Waals surface area (Å²) >= 11 is 0. The minimum Gasteiger partial charge on any atom is -0.484 e. The molecule has 0 aliphatic carbocycles. The average Bonchev–Trinajstić information content (AvgIpc) is 2.35. The van der Waals surface area contributed by atoms with Gasteiger partial charge in [-0.15, -0.1) is 0 Å². The van der Waals surface area contributed by atoms with Gasteiger partial charge in [-0.1, -0.05) is 26.8 Å². The Morgan fingerprint density at radius 3 is 2.70 bits per heavy atom. The van der Waals surface area contributed by atoms with Crippen molar-refractivity contribution in [2.75, 3.05) is 18.9 Å². The quantitative estimate of drug-likeness (QED) is 0.690. The number of benzene rings is 1. The van der Waals surface area contributed by atoms with Crippen LogP contribution >= 0.6 is 0 Å². The number of nitrogen functional groups attached to an aromatic ring is 1. The second kappa shape index (κ2) is 7.14. The van der Waals surface area contributed by atoms with Gasteiger partial charge in [0.25, 0.3) is 5.91 Å². The highest BCUT2D eigenvalue weighted by Gasteiger charge is 2.25. The van der Waals surface area contributed by atoms with E-state index in [1.807, 2.05) is 20.8 Å². The van der Waals surface area contributed by atoms with Crippen molar-refractivity contribution in [3.05, 3.63) is 24.3 Å². The van der Waals surface area contributed by atoms with Crippen LogP contribution in [0.15, 0.2) is 24.3 Å². The summed E-state index contributed by atoms with van der Waals surface area (Å²) in [5.74, 6) is 0.357. The normalized spacial score (nSPS) is 12.8. The molecule has 1 atom stereocenters. The van der Waals surface area contributed by atoms with Gasteiger partial charge in [0, 0.05) is 24.4 Å². The summed E-state index contributed by atoms with van der Waals surface area (Å²) in [6.45, 7) is 6.03. The zero-order valence-corrected chi connectivity index (χ0v) is 12.3. The highest BCUT2D eigenvalue weighted by atomic mass is 16.5. The number of rotatable bonds is 6. The lowest BCUT2D eigenvalue weighted by atomic mass is 9.85. The Balaban J connectivity index is 2.50. The van der Waals surface area contributed by atoms with E-state index < -0.39 is 0 Å². The van der Waals surface area contributed by atoms with E-state index in [1.54, 1.807) is 24.3 Å². The van der Waals surface area contributed by atoms with Crippen LogP contribution in [0.3, 0.4) is 0 Å². The molecule has 1 aromatic carbocycles. The first-order valence-corrected chi connectivity index (χ1v) is 6.71. The van der Waals surface area contributed by atoms with E-state index in [4.69, 9.17) is 15.6 Å². The van der Waals surface area contributed by atoms with Gasteiger partial charge in [0.15, 0.2) is 6.61 Å². The molecule has 0 bridgehead atoms. The molecule has 0 aromatic heterocycles. The van der Waals surface area contributed by atoms with E-state index in [1.165, 1.54) is 0 Å². The summed E-state index contributed by atoms with van der Waals surface area (Å²) in [5, 5.41) is 11.9. The predicted octanol–water partition coefficient (Wildman–Crippen LogP) is 1.56. The number of aliphatic hydroxyl groups excluding tert-OH is 1. The fourth-order valence-corrected chi connectivity index (χ4v) is 1.84. The van der Waals surface area contributed by atoms with Crippen LogP contribution in [0.5, 0.6) is 5.75 Å². The molecule has 0 heterocycles. The van der Waals surface area contributed by atoms with Gasteiger partial charge in [0.05, 0.1) is 0 Å². The summed E-state index contributed by atoms with van der Waals surface area (Å²) in [5.41, 5.74) is 6.11. The zero-order valence-electron chi connectivity index (χ0n) is 12.3. The van der Waals surface area contributed by atoms with Gasteiger partial charge in [-0.2, -0.15) is 0 Å². The number of nitrogens with two attached hydrogens (primary N) is 1. The number of amides is 1. The Hall–Kier alpha value is -1.75. The SMILES string of the molecule is CC(C)(C)C(CCO)NC(=O)COc1cccc(N)c1. The van der Waals surface area contributed by atoms with Crippen LogP contribution in [0.4, 0.5) is 5.69 Å². The molecule has 0 fully saturated rings. The number of hydrogen-bond acceptors (Lipinski definition) is 4. The lowest BCUT2D eigenvalue weighted by Crippen LogP contribution is -2.46. The van der Waals surface area contributed by atoms with E-state index in [-0.39, 0.29) is 30.6 Å². The maximum absolute atomic E-state index is 11.9. The van der Waals surface area contributed by atoms with E-state index >= 15 is 0 Å². The van der Waals surface area contributed by atoms with Crippen LogP contribution in [0.25, 0.3) is 0 Å². The molecule has 0 saturated carbocycles. The Bertz CT molecular complexity index is 441. The highest BCUT2D eigenvalue weighted by Crippen LogP contribution is 2.21. The van der Waals surface area contributed by atoms with E-state index in [2.05, 4.69) is 5.32 Å². The number of carbonyl (C=O) groups excluding carboxylic acids is 1. The lowest BCUT2D eigenvalue weighted by molar-refractivity contribution is -0.124. The average molecular weight is 280 g/mol. The van der Waals surface area contributed by atoms with Crippen LogP contribution in [0, 0.1) is 5.41 Å². The van der Waals surface area contributed by atoms with Gasteiger partial charge >= 0.3 is 0 Å². The fourth-order valence-electron chi connectivity index (χ4n) is 1.84. The molecule has 5 heteroatoms. The van der Waals surface area contributed by atoms with Gasteiger partial charge in [-0.25, -0.2) is 0 Å². The Labute approximate surface area is 120 Å². The van der Waals surface area contributed by atoms with Gasteiger partial charge in [0.1, 0.15) is 5.75 Å². The first kappa shape index (κ1) is 16.3. The third kappa shape index (κ3) is 5.48. The minimum absolute atomic E-state index is 0.0400. The van der Waals surface area contributed by atoms with Crippen molar-refractivity contribution in [1.82, 2.24) is 5.32 Å². The number of carbonyl (C=O) groups is 1. The molecule has 5 nitrogen and oxygen atoms in total. The van der Waals surface area contributed by atoms with Crippen molar-refractivity contribution in [2.24, 2.45) is 5.41 Å². The molecule has 0 aliphatic rings. The fraction of sp³-hybridized carbons (Fsp3) is 0.533. The molecule has 0 spiro atoms. The van der Waals surface area contributed by atoms with Crippen LogP contribution in [0.2, 0.25) is 0 Å². The second-order valence-corrected chi connectivity index (χ2v) is 5.86. The predicted molar refractivity (Wildman–Crippen MR) is 79.4 cm³/mol. The molecule has 1 amide bonds. The number of nitrogens with one attached hydrogen (secondary N) is 1. The third-order valence-corrected chi connectivity index (χ3v) is 3.03. The molecule has 0 aliphatic heterocycles. The van der Waals surface area contributed by atoms with Crippen molar-refractivity contribution in [3.63, 3.8) is 0 Å². The summed E-state index contributed by atoms with van der Waals surface area (Å²) in [6.07, 6.45) is 0.521. The summed E-state index contributed by atoms with van der Waals surface area (Å²) in [4.78, 5) is 11.9. The van der Waals surface area contributed by atoms with Crippen LogP contribution in [0.1, 0.15) is 27.2 Å². The largest absolute Gasteiger partial charge is 0.484 e. The van der Waals surface area contributed by atoms with Gasteiger partial charge < -0.3 is 20.9 Å². The number of ether oxygens (including phenoxy) is 1. The summed E-state index contributed by atoms with van der Waals surface area (Å²) in [7, 11) is 0. The van der Waals surface area contributed by atoms with Gasteiger partial charge in [-0.3, -0.25) is 4.79 Å². The number of anilines is 1. The number of aliphatic hydroxyl groups is 1. The minimum atomic E-state index is -0.208. The molecule has 0 radical (unpaired) electrons. The first-order valence-electron chi connectivity index (χ1n) is 6.71. The molecular formula is C15H24N2O3. The van der Waals surface area contributed by atoms with Crippen molar-refractivity contribution < 1.29 is 14.6 Å². The monoisotopic (exact) mass is 280 g/mol. The zero-order chi connectivity index (χ0) is 15.2. The first-order chi connectivity index (χ1) is 9.32. The van der Waals surface area contributed by atoms with Crippen molar-refractivity contribution in [1.29, 1.82) is 0 Å². The van der Waals surface area contributed by atoms with Crippen molar-refractivity contribution in [3.8, 4) is 5.75 Å². The standard InChI is InChI=1S/C15H24N2O3/c1-15(2,3)13(7-8-18)17-14(19)10-20-12-6-4-5-11(16)9-12/h4-6,9,13,18H,7-8,10,16H2,1-3H3,(H,17,19). The summed E-state index contributed by atoms with van der Waals surface area (Å²) in [6, 6.07) is 6.85. The summed E-state index contributed by atoms with van der Waals surface area (Å²) < 4.78 is 5.39. The maximum atomic E-state index is 11.9. The molecular weight excluding hydrogens is 256 g/mol. The third-order valence-electron chi connectivity index (χ3n) is 3.03. The smallest absolute Gasteiger partial charge is 0.258 e. The highest BCUT2D eigenvalue weighted by molar-refractivity contribution is 5.78. The molecule has 1 aromatic rings. The molecule has 1 unspecified atom stereocenters. The maximum Gasteiger partial charge on any atom is 0.258 e. The van der Waals surface area contributed by atoms with Crippen LogP contribution in [-0.4, -0.2) is 30.3 Å². The van der Waals surface area contributed by atoms with Crippen LogP contribution in [-0.2, 0) is 4.79 Å². The topological polar surface area (TPSA) is 84.6 Å². The lowest BCUT2D eigenvalue weighted by Gasteiger charge is -2.31. The molecule has 112 valence electrons. The molecule has 20 heavy (non-hydrogen) atoms. The Morgan fingerprint density at radius 2 is 2.15 bits per heavy atom. The number of hydrogen-bond donors (Lipinski definition) is 3. The molecule has 4 N–H and O–H groups in total. The van der Waals surface area contributed by atoms with Crippen molar-refractivity contribution in [2.45, 2.75) is 33.2 Å². The molecule has 1 rings (SSSR count). The van der Waals surface area contributed by atoms with E-state index in [0.717, 1.165) is 0 Å². The Kier molecular flexibility index (Phi) is 5.82. The Morgan fingerprint density at radius 1 is 1.45 bits per heavy atom.